The number of aromatic nitrogens is 3. The molecule has 0 aliphatic carbocycles. The molecule has 1 fully saturated rings. The third kappa shape index (κ3) is 7.36. The molecule has 0 saturated carbocycles. The maximum atomic E-state index is 13.1. The number of aromatic amines is 1. The molecule has 9 heteroatoms. The number of anilines is 2. The van der Waals surface area contributed by atoms with Gasteiger partial charge in [0.1, 0.15) is 5.82 Å². The lowest BCUT2D eigenvalue weighted by Gasteiger charge is -2.26. The topological polar surface area (TPSA) is 102 Å². The molecule has 200 valence electrons. The van der Waals surface area contributed by atoms with Crippen LogP contribution in [0.1, 0.15) is 42.2 Å². The average Bonchev–Trinajstić information content (AvgIpc) is 3.34. The molecule has 38 heavy (non-hydrogen) atoms. The van der Waals surface area contributed by atoms with Crippen LogP contribution >= 0.6 is 0 Å². The van der Waals surface area contributed by atoms with E-state index in [9.17, 15) is 4.79 Å². The highest BCUT2D eigenvalue weighted by Gasteiger charge is 2.16. The first-order valence-electron chi connectivity index (χ1n) is 13.1. The van der Waals surface area contributed by atoms with Crippen LogP contribution < -0.4 is 10.6 Å². The van der Waals surface area contributed by atoms with E-state index >= 15 is 0 Å². The Bertz CT molecular complexity index is 1300. The van der Waals surface area contributed by atoms with Gasteiger partial charge < -0.3 is 15.5 Å². The second kappa shape index (κ2) is 13.1. The molecule has 9 nitrogen and oxygen atoms in total. The van der Waals surface area contributed by atoms with E-state index < -0.39 is 0 Å². The predicted molar refractivity (Wildman–Crippen MR) is 157 cm³/mol. The predicted octanol–water partition coefficient (Wildman–Crippen LogP) is 4.66. The highest BCUT2D eigenvalue weighted by molar-refractivity contribution is 6.11. The fourth-order valence-electron chi connectivity index (χ4n) is 4.58. The van der Waals surface area contributed by atoms with E-state index in [2.05, 4.69) is 60.3 Å². The number of likely N-dealkylation sites (N-methyl/N-ethyl adjacent to an activating group) is 1. The molecule has 0 unspecified atom stereocenters. The van der Waals surface area contributed by atoms with Crippen LogP contribution in [-0.4, -0.2) is 84.4 Å². The van der Waals surface area contributed by atoms with Gasteiger partial charge in [0.25, 0.3) is 5.91 Å². The number of benzene rings is 1. The van der Waals surface area contributed by atoms with Gasteiger partial charge in [-0.3, -0.25) is 19.8 Å². The highest BCUT2D eigenvalue weighted by atomic mass is 16.1. The number of nitrogens with zero attached hydrogens (tertiary/aromatic N) is 5. The van der Waals surface area contributed by atoms with Gasteiger partial charge in [-0.25, -0.2) is 4.98 Å². The molecule has 1 aliphatic rings. The number of amides is 1. The van der Waals surface area contributed by atoms with Gasteiger partial charge in [-0.05, 0) is 94.6 Å². The van der Waals surface area contributed by atoms with Gasteiger partial charge in [-0.2, -0.15) is 5.10 Å². The number of allylic oxidation sites excluding steroid dienone is 1. The van der Waals surface area contributed by atoms with E-state index in [4.69, 9.17) is 0 Å². The summed E-state index contributed by atoms with van der Waals surface area (Å²) in [5.41, 5.74) is 5.00. The Morgan fingerprint density at radius 2 is 2.03 bits per heavy atom. The second-order valence-electron chi connectivity index (χ2n) is 10.00. The first-order chi connectivity index (χ1) is 18.4. The molecule has 0 atom stereocenters. The lowest BCUT2D eigenvalue weighted by Crippen LogP contribution is -2.31. The third-order valence-electron chi connectivity index (χ3n) is 6.63. The maximum absolute atomic E-state index is 13.1. The van der Waals surface area contributed by atoms with E-state index in [1.54, 1.807) is 6.20 Å². The van der Waals surface area contributed by atoms with E-state index in [1.165, 1.54) is 19.3 Å². The number of likely N-dealkylation sites (tertiary alicyclic amines) is 1. The van der Waals surface area contributed by atoms with E-state index in [0.717, 1.165) is 66.2 Å². The van der Waals surface area contributed by atoms with E-state index in [-0.39, 0.29) is 5.91 Å². The number of pyridine rings is 1. The van der Waals surface area contributed by atoms with Crippen LogP contribution in [0.2, 0.25) is 0 Å². The number of rotatable bonds is 11. The summed E-state index contributed by atoms with van der Waals surface area (Å²) in [4.78, 5) is 26.1. The molecule has 1 aromatic carbocycles. The second-order valence-corrected chi connectivity index (χ2v) is 10.00. The van der Waals surface area contributed by atoms with Gasteiger partial charge in [-0.15, -0.1) is 0 Å². The van der Waals surface area contributed by atoms with Crippen molar-refractivity contribution in [3.05, 3.63) is 65.6 Å². The zero-order valence-electron chi connectivity index (χ0n) is 22.6. The Labute approximate surface area is 224 Å². The van der Waals surface area contributed by atoms with Crippen LogP contribution in [0.25, 0.3) is 16.5 Å². The van der Waals surface area contributed by atoms with Gasteiger partial charge >= 0.3 is 0 Å². The number of H-pyrrole nitrogens is 1. The first kappa shape index (κ1) is 27.2. The van der Waals surface area contributed by atoms with Crippen molar-refractivity contribution in [3.63, 3.8) is 0 Å². The summed E-state index contributed by atoms with van der Waals surface area (Å²) in [5.74, 6) is 0.481. The number of nitrogens with one attached hydrogen (secondary N) is 3. The minimum atomic E-state index is -0.285. The Kier molecular flexibility index (Phi) is 9.40. The summed E-state index contributed by atoms with van der Waals surface area (Å²) in [7, 11) is 4.05. The number of carbonyl (C=O) groups is 1. The van der Waals surface area contributed by atoms with Crippen LogP contribution in [0.15, 0.2) is 59.4 Å². The zero-order chi connectivity index (χ0) is 26.9. The quantitative estimate of drug-likeness (QED) is 0.254. The first-order valence-corrected chi connectivity index (χ1v) is 13.1. The fourth-order valence-corrected chi connectivity index (χ4v) is 4.58. The number of hydrogen-bond donors (Lipinski definition) is 3. The molecule has 3 heterocycles. The summed E-state index contributed by atoms with van der Waals surface area (Å²) >= 11 is 0. The lowest BCUT2D eigenvalue weighted by molar-refractivity contribution is 0.102. The van der Waals surface area contributed by atoms with E-state index in [1.807, 2.05) is 50.6 Å². The summed E-state index contributed by atoms with van der Waals surface area (Å²) < 4.78 is 0. The molecule has 0 spiro atoms. The number of fused-ring (bicyclic) bond motifs is 1. The van der Waals surface area contributed by atoms with Crippen LogP contribution in [-0.2, 0) is 0 Å². The Morgan fingerprint density at radius 1 is 1.21 bits per heavy atom. The standard InChI is InChI=1S/C29H38N8O/c1-21(16-22(18-30-2)20-37-13-6-5-7-14-37)23-8-10-26-25(17-23)28(35-34-26)29(38)33-24-9-11-27(32-19-24)31-12-15-36(3)4/h8-11,16-19H,2,5-7,12-15,20H2,1,3-4H3,(H,31,32)(H,33,38)(H,34,35)/b21-16+,22-18+. The smallest absolute Gasteiger partial charge is 0.276 e. The van der Waals surface area contributed by atoms with Gasteiger partial charge in [0.05, 0.1) is 17.4 Å². The minimum absolute atomic E-state index is 0.285. The van der Waals surface area contributed by atoms with Crippen molar-refractivity contribution in [3.8, 4) is 0 Å². The van der Waals surface area contributed by atoms with Crippen LogP contribution in [0.3, 0.4) is 0 Å². The maximum Gasteiger partial charge on any atom is 0.276 e. The van der Waals surface area contributed by atoms with Crippen molar-refractivity contribution in [2.24, 2.45) is 4.99 Å². The van der Waals surface area contributed by atoms with Crippen LogP contribution in [0.5, 0.6) is 0 Å². The number of aliphatic imine (C=N–C) groups is 1. The molecule has 3 N–H and O–H groups in total. The number of piperidine rings is 1. The Morgan fingerprint density at radius 3 is 2.74 bits per heavy atom. The van der Waals surface area contributed by atoms with Crippen LogP contribution in [0.4, 0.5) is 11.5 Å². The largest absolute Gasteiger partial charge is 0.369 e. The van der Waals surface area contributed by atoms with Crippen molar-refractivity contribution >= 4 is 40.6 Å². The van der Waals surface area contributed by atoms with Crippen molar-refractivity contribution in [2.75, 3.05) is 57.5 Å². The van der Waals surface area contributed by atoms with Crippen molar-refractivity contribution in [1.29, 1.82) is 0 Å². The van der Waals surface area contributed by atoms with Gasteiger partial charge in [0.15, 0.2) is 5.69 Å². The minimum Gasteiger partial charge on any atom is -0.369 e. The highest BCUT2D eigenvalue weighted by Crippen LogP contribution is 2.25. The molecule has 1 amide bonds. The molecule has 0 bridgehead atoms. The van der Waals surface area contributed by atoms with Gasteiger partial charge in [0, 0.05) is 31.2 Å². The summed E-state index contributed by atoms with van der Waals surface area (Å²) in [6.07, 6.45) is 9.43. The van der Waals surface area contributed by atoms with E-state index in [0.29, 0.717) is 11.4 Å². The van der Waals surface area contributed by atoms with Crippen molar-refractivity contribution in [1.82, 2.24) is 25.0 Å². The van der Waals surface area contributed by atoms with Gasteiger partial charge in [0.2, 0.25) is 0 Å². The zero-order valence-corrected chi connectivity index (χ0v) is 22.6. The molecular weight excluding hydrogens is 476 g/mol. The number of hydrogen-bond acceptors (Lipinski definition) is 7. The third-order valence-corrected chi connectivity index (χ3v) is 6.63. The summed E-state index contributed by atoms with van der Waals surface area (Å²) in [6.45, 7) is 10.5. The Hall–Kier alpha value is -3.82. The fraction of sp³-hybridized carbons (Fsp3) is 0.379. The van der Waals surface area contributed by atoms with Crippen LogP contribution in [0, 0.1) is 0 Å². The van der Waals surface area contributed by atoms with Gasteiger partial charge in [-0.1, -0.05) is 18.6 Å². The molecule has 1 aliphatic heterocycles. The molecule has 1 saturated heterocycles. The van der Waals surface area contributed by atoms with Crippen molar-refractivity contribution in [2.45, 2.75) is 26.2 Å². The summed E-state index contributed by atoms with van der Waals surface area (Å²) in [6, 6.07) is 9.70. The molecule has 4 rings (SSSR count). The molecule has 3 aromatic rings. The SMILES string of the molecule is C=N/C=C(\C=C(/C)c1ccc2[nH]nc(C(=O)Nc3ccc(NCCN(C)C)nc3)c2c1)CN1CCCCC1. The monoisotopic (exact) mass is 514 g/mol. The molecule has 2 aromatic heterocycles. The molecular formula is C29H38N8O. The average molecular weight is 515 g/mol. The van der Waals surface area contributed by atoms with Crippen molar-refractivity contribution < 1.29 is 4.79 Å². The number of carbonyl (C=O) groups excluding carboxylic acids is 1. The molecule has 0 radical (unpaired) electrons. The summed E-state index contributed by atoms with van der Waals surface area (Å²) in [5, 5.41) is 14.2. The normalized spacial score (nSPS) is 15.2. The lowest BCUT2D eigenvalue weighted by atomic mass is 10.0. The Balaban J connectivity index is 1.47.